The van der Waals surface area contributed by atoms with E-state index in [0.717, 1.165) is 5.69 Å². The molecule has 0 spiro atoms. The van der Waals surface area contributed by atoms with Crippen LogP contribution >= 0.6 is 11.3 Å². The van der Waals surface area contributed by atoms with Crippen LogP contribution in [0.1, 0.15) is 0 Å². The Morgan fingerprint density at radius 1 is 1.10 bits per heavy atom. The normalized spacial score (nSPS) is 11.4. The van der Waals surface area contributed by atoms with Gasteiger partial charge < -0.3 is 14.3 Å². The molecule has 0 saturated carbocycles. The zero-order valence-corrected chi connectivity index (χ0v) is 11.9. The summed E-state index contributed by atoms with van der Waals surface area (Å²) in [5.41, 5.74) is 0.892. The highest BCUT2D eigenvalue weighted by Gasteiger charge is 2.10. The van der Waals surface area contributed by atoms with Gasteiger partial charge in [0.15, 0.2) is 0 Å². The number of nitrogens with zero attached hydrogens (tertiary/aromatic N) is 3. The van der Waals surface area contributed by atoms with Crippen LogP contribution in [0.25, 0.3) is 10.4 Å². The monoisotopic (exact) mass is 304 g/mol. The first-order chi connectivity index (χ1) is 9.65. The van der Waals surface area contributed by atoms with Crippen molar-refractivity contribution in [3.05, 3.63) is 65.1 Å². The van der Waals surface area contributed by atoms with E-state index in [2.05, 4.69) is 9.71 Å². The van der Waals surface area contributed by atoms with E-state index in [1.807, 2.05) is 29.1 Å². The fraction of sp³-hybridized carbons (Fsp3) is 0. The van der Waals surface area contributed by atoms with Gasteiger partial charge in [-0.15, -0.1) is 0 Å². The molecule has 2 heterocycles. The minimum atomic E-state index is -3.71. The number of aromatic nitrogens is 2. The van der Waals surface area contributed by atoms with Crippen LogP contribution in [0.2, 0.25) is 0 Å². The second-order valence-corrected chi connectivity index (χ2v) is 6.44. The summed E-state index contributed by atoms with van der Waals surface area (Å²) in [5, 5.41) is 1.92. The number of rotatable bonds is 4. The van der Waals surface area contributed by atoms with E-state index >= 15 is 0 Å². The van der Waals surface area contributed by atoms with E-state index in [4.69, 9.17) is 0 Å². The van der Waals surface area contributed by atoms with Crippen LogP contribution in [0.4, 0.5) is 5.13 Å². The SMILES string of the molecule is O=S(=O)([N-]c1nccs1)c1ccc(-n2cccc2)cc1. The number of sulfonamides is 1. The second kappa shape index (κ2) is 5.10. The number of hydrogen-bond donors (Lipinski definition) is 0. The molecule has 0 saturated heterocycles. The lowest BCUT2D eigenvalue weighted by Gasteiger charge is -2.12. The van der Waals surface area contributed by atoms with Crippen molar-refractivity contribution in [2.45, 2.75) is 4.90 Å². The van der Waals surface area contributed by atoms with Crippen LogP contribution in [0.3, 0.4) is 0 Å². The molecule has 2 aromatic heterocycles. The Labute approximate surface area is 120 Å². The van der Waals surface area contributed by atoms with Gasteiger partial charge >= 0.3 is 0 Å². The Hall–Kier alpha value is -2.12. The van der Waals surface area contributed by atoms with Gasteiger partial charge in [-0.1, -0.05) is 6.20 Å². The van der Waals surface area contributed by atoms with Crippen LogP contribution in [0, 0.1) is 0 Å². The molecule has 0 unspecified atom stereocenters. The molecule has 0 radical (unpaired) electrons. The molecule has 0 amide bonds. The molecule has 0 bridgehead atoms. The summed E-state index contributed by atoms with van der Waals surface area (Å²) >= 11 is 1.18. The van der Waals surface area contributed by atoms with Crippen molar-refractivity contribution in [3.8, 4) is 5.69 Å². The Morgan fingerprint density at radius 3 is 2.40 bits per heavy atom. The summed E-state index contributed by atoms with van der Waals surface area (Å²) in [4.78, 5) is 4.01. The van der Waals surface area contributed by atoms with E-state index in [0.29, 0.717) is 0 Å². The van der Waals surface area contributed by atoms with Gasteiger partial charge in [-0.05, 0) is 41.8 Å². The highest BCUT2D eigenvalue weighted by atomic mass is 32.2. The lowest BCUT2D eigenvalue weighted by atomic mass is 10.3. The van der Waals surface area contributed by atoms with Crippen LogP contribution in [-0.4, -0.2) is 18.0 Å². The standard InChI is InChI=1S/C13H10N3O2S2/c17-20(18,15-13-14-7-10-19-13)12-5-3-11(4-6-12)16-8-1-2-9-16/h1-10H/q-1. The largest absolute Gasteiger partial charge is 0.433 e. The maximum absolute atomic E-state index is 12.1. The first-order valence-electron chi connectivity index (χ1n) is 5.76. The van der Waals surface area contributed by atoms with E-state index in [1.54, 1.807) is 29.6 Å². The van der Waals surface area contributed by atoms with Crippen molar-refractivity contribution in [2.24, 2.45) is 0 Å². The fourth-order valence-corrected chi connectivity index (χ4v) is 3.38. The maximum Gasteiger partial charge on any atom is 0.202 e. The number of benzene rings is 1. The van der Waals surface area contributed by atoms with Gasteiger partial charge in [0.05, 0.1) is 4.90 Å². The predicted octanol–water partition coefficient (Wildman–Crippen LogP) is 3.33. The van der Waals surface area contributed by atoms with Crippen molar-refractivity contribution < 1.29 is 8.42 Å². The molecule has 0 aliphatic carbocycles. The summed E-state index contributed by atoms with van der Waals surface area (Å²) < 4.78 is 29.8. The van der Waals surface area contributed by atoms with E-state index in [9.17, 15) is 8.42 Å². The Balaban J connectivity index is 1.87. The molecular formula is C13H10N3O2S2-. The van der Waals surface area contributed by atoms with Crippen molar-refractivity contribution in [1.82, 2.24) is 9.55 Å². The second-order valence-electron chi connectivity index (χ2n) is 3.97. The quantitative estimate of drug-likeness (QED) is 0.742. The Morgan fingerprint density at radius 2 is 1.80 bits per heavy atom. The molecule has 0 atom stereocenters. The molecule has 3 rings (SSSR count). The number of thiazole rings is 1. The van der Waals surface area contributed by atoms with Gasteiger partial charge in [0.1, 0.15) is 0 Å². The molecule has 3 aromatic rings. The molecule has 5 nitrogen and oxygen atoms in total. The minimum absolute atomic E-state index is 0.156. The average Bonchev–Trinajstić information content (AvgIpc) is 3.11. The lowest BCUT2D eigenvalue weighted by molar-refractivity contribution is 0.603. The molecule has 7 heteroatoms. The summed E-state index contributed by atoms with van der Waals surface area (Å²) in [7, 11) is -3.71. The van der Waals surface area contributed by atoms with Crippen LogP contribution in [-0.2, 0) is 10.0 Å². The molecule has 0 fully saturated rings. The van der Waals surface area contributed by atoms with Crippen molar-refractivity contribution in [2.75, 3.05) is 0 Å². The molecule has 0 N–H and O–H groups in total. The molecule has 0 aliphatic heterocycles. The van der Waals surface area contributed by atoms with Gasteiger partial charge in [0.25, 0.3) is 0 Å². The van der Waals surface area contributed by atoms with Gasteiger partial charge in [0.2, 0.25) is 10.0 Å². The fourth-order valence-electron chi connectivity index (χ4n) is 1.71. The third-order valence-electron chi connectivity index (χ3n) is 2.65. The number of hydrogen-bond acceptors (Lipinski definition) is 4. The van der Waals surface area contributed by atoms with E-state index in [-0.39, 0.29) is 10.0 Å². The summed E-state index contributed by atoms with van der Waals surface area (Å²) in [5.74, 6) is 0. The van der Waals surface area contributed by atoms with E-state index < -0.39 is 10.0 Å². The van der Waals surface area contributed by atoms with E-state index in [1.165, 1.54) is 17.5 Å². The third kappa shape index (κ3) is 2.59. The molecule has 0 aliphatic rings. The Kier molecular flexibility index (Phi) is 3.29. The topological polar surface area (TPSA) is 66.1 Å². The first kappa shape index (κ1) is 12.9. The van der Waals surface area contributed by atoms with Gasteiger partial charge in [-0.2, -0.15) is 11.3 Å². The summed E-state index contributed by atoms with van der Waals surface area (Å²) in [6.07, 6.45) is 5.31. The molecule has 102 valence electrons. The van der Waals surface area contributed by atoms with Gasteiger partial charge in [-0.3, -0.25) is 0 Å². The van der Waals surface area contributed by atoms with Gasteiger partial charge in [0, 0.05) is 23.2 Å². The van der Waals surface area contributed by atoms with Crippen LogP contribution in [0.5, 0.6) is 0 Å². The Bertz CT molecular complexity index is 777. The third-order valence-corrected chi connectivity index (χ3v) is 4.72. The molecule has 1 aromatic carbocycles. The van der Waals surface area contributed by atoms with Crippen molar-refractivity contribution in [3.63, 3.8) is 0 Å². The first-order valence-corrected chi connectivity index (χ1v) is 8.08. The van der Waals surface area contributed by atoms with Crippen LogP contribution < -0.4 is 0 Å². The minimum Gasteiger partial charge on any atom is -0.433 e. The smallest absolute Gasteiger partial charge is 0.202 e. The van der Waals surface area contributed by atoms with Crippen LogP contribution in [0.15, 0.2) is 65.3 Å². The summed E-state index contributed by atoms with van der Waals surface area (Å²) in [6, 6.07) is 10.4. The summed E-state index contributed by atoms with van der Waals surface area (Å²) in [6.45, 7) is 0. The average molecular weight is 304 g/mol. The van der Waals surface area contributed by atoms with Gasteiger partial charge in [-0.25, -0.2) is 8.42 Å². The van der Waals surface area contributed by atoms with Crippen molar-refractivity contribution in [1.29, 1.82) is 0 Å². The predicted molar refractivity (Wildman–Crippen MR) is 78.1 cm³/mol. The maximum atomic E-state index is 12.1. The highest BCUT2D eigenvalue weighted by molar-refractivity contribution is 7.94. The zero-order chi connectivity index (χ0) is 14.0. The zero-order valence-electron chi connectivity index (χ0n) is 10.2. The highest BCUT2D eigenvalue weighted by Crippen LogP contribution is 2.29. The lowest BCUT2D eigenvalue weighted by Crippen LogP contribution is -1.98. The molecular weight excluding hydrogens is 294 g/mol. The molecule has 20 heavy (non-hydrogen) atoms. The van der Waals surface area contributed by atoms with Crippen molar-refractivity contribution >= 4 is 26.5 Å².